The molecule has 3 aromatic carbocycles. The highest BCUT2D eigenvalue weighted by atomic mass is 32.2. The third-order valence-electron chi connectivity index (χ3n) is 4.79. The third kappa shape index (κ3) is 3.83. The molecule has 31 heavy (non-hydrogen) atoms. The lowest BCUT2D eigenvalue weighted by atomic mass is 10.0. The van der Waals surface area contributed by atoms with Gasteiger partial charge >= 0.3 is 6.18 Å². The predicted molar refractivity (Wildman–Crippen MR) is 103 cm³/mol. The lowest BCUT2D eigenvalue weighted by molar-refractivity contribution is -0.137. The quantitative estimate of drug-likeness (QED) is 0.508. The van der Waals surface area contributed by atoms with Gasteiger partial charge in [-0.1, -0.05) is 24.3 Å². The second-order valence-electron chi connectivity index (χ2n) is 6.74. The number of nitrogens with zero attached hydrogens (tertiary/aromatic N) is 1. The maximum atomic E-state index is 14.2. The molecular formula is C21H14F5NO3S. The summed E-state index contributed by atoms with van der Waals surface area (Å²) in [6.45, 7) is -0.195. The standard InChI is InChI=1S/C21H14F5NO3S/c22-17-6-2-5-16(20(17)23)13-7-8-19-18(11-13)27(9-10-30-19)31(28,29)15-4-1-3-14(12-15)21(24,25)26/h1-8,11-12H,9-10H2. The van der Waals surface area contributed by atoms with E-state index in [1.54, 1.807) is 0 Å². The first-order chi connectivity index (χ1) is 14.6. The first-order valence-electron chi connectivity index (χ1n) is 9.00. The first-order valence-corrected chi connectivity index (χ1v) is 10.4. The smallest absolute Gasteiger partial charge is 0.416 e. The van der Waals surface area contributed by atoms with Crippen LogP contribution in [0.3, 0.4) is 0 Å². The molecule has 0 N–H and O–H groups in total. The van der Waals surface area contributed by atoms with E-state index in [2.05, 4.69) is 0 Å². The minimum atomic E-state index is -4.71. The van der Waals surface area contributed by atoms with Gasteiger partial charge in [0.25, 0.3) is 10.0 Å². The Bertz CT molecular complexity index is 1260. The predicted octanol–water partition coefficient (Wildman–Crippen LogP) is 5.24. The molecule has 0 bridgehead atoms. The SMILES string of the molecule is O=S(=O)(c1cccc(C(F)(F)F)c1)N1CCOc2ccc(-c3cccc(F)c3F)cc21. The number of anilines is 1. The zero-order chi connectivity index (χ0) is 22.4. The molecule has 162 valence electrons. The molecule has 0 unspecified atom stereocenters. The molecule has 0 amide bonds. The van der Waals surface area contributed by atoms with Crippen molar-refractivity contribution in [1.82, 2.24) is 0 Å². The van der Waals surface area contributed by atoms with E-state index in [1.165, 1.54) is 30.3 Å². The zero-order valence-corrected chi connectivity index (χ0v) is 16.5. The van der Waals surface area contributed by atoms with Crippen LogP contribution in [0.5, 0.6) is 5.75 Å². The number of ether oxygens (including phenoxy) is 1. The molecule has 1 aliphatic heterocycles. The Hall–Kier alpha value is -3.14. The van der Waals surface area contributed by atoms with Crippen LogP contribution in [0.15, 0.2) is 65.6 Å². The number of halogens is 5. The van der Waals surface area contributed by atoms with Gasteiger partial charge in [0.1, 0.15) is 12.4 Å². The lowest BCUT2D eigenvalue weighted by Crippen LogP contribution is -2.38. The molecule has 1 aliphatic rings. The van der Waals surface area contributed by atoms with Crippen LogP contribution in [0.1, 0.15) is 5.56 Å². The van der Waals surface area contributed by atoms with E-state index >= 15 is 0 Å². The summed E-state index contributed by atoms with van der Waals surface area (Å²) >= 11 is 0. The fraction of sp³-hybridized carbons (Fsp3) is 0.143. The molecule has 0 spiro atoms. The Labute approximate surface area is 174 Å². The molecule has 3 aromatic rings. The van der Waals surface area contributed by atoms with Crippen LogP contribution in [-0.4, -0.2) is 21.6 Å². The highest BCUT2D eigenvalue weighted by Gasteiger charge is 2.35. The van der Waals surface area contributed by atoms with Crippen molar-refractivity contribution < 1.29 is 35.1 Å². The van der Waals surface area contributed by atoms with E-state index < -0.39 is 38.3 Å². The molecule has 0 fully saturated rings. The van der Waals surface area contributed by atoms with Gasteiger partial charge in [0.2, 0.25) is 0 Å². The van der Waals surface area contributed by atoms with Gasteiger partial charge in [0.05, 0.1) is 22.7 Å². The van der Waals surface area contributed by atoms with Gasteiger partial charge in [-0.3, -0.25) is 4.31 Å². The minimum Gasteiger partial charge on any atom is -0.489 e. The number of fused-ring (bicyclic) bond motifs is 1. The molecule has 10 heteroatoms. The van der Waals surface area contributed by atoms with E-state index in [0.29, 0.717) is 6.07 Å². The third-order valence-corrected chi connectivity index (χ3v) is 6.60. The van der Waals surface area contributed by atoms with Crippen LogP contribution in [-0.2, 0) is 16.2 Å². The summed E-state index contributed by atoms with van der Waals surface area (Å²) in [7, 11) is -4.39. The van der Waals surface area contributed by atoms with Crippen molar-refractivity contribution in [2.24, 2.45) is 0 Å². The largest absolute Gasteiger partial charge is 0.489 e. The Morgan fingerprint density at radius 2 is 1.68 bits per heavy atom. The molecule has 0 saturated carbocycles. The average molecular weight is 455 g/mol. The average Bonchev–Trinajstić information content (AvgIpc) is 2.74. The number of sulfonamides is 1. The van der Waals surface area contributed by atoms with E-state index in [0.717, 1.165) is 28.6 Å². The van der Waals surface area contributed by atoms with Crippen molar-refractivity contribution in [1.29, 1.82) is 0 Å². The number of hydrogen-bond donors (Lipinski definition) is 0. The van der Waals surface area contributed by atoms with Crippen LogP contribution < -0.4 is 9.04 Å². The van der Waals surface area contributed by atoms with Gasteiger partial charge < -0.3 is 4.74 Å². The van der Waals surface area contributed by atoms with Gasteiger partial charge in [0.15, 0.2) is 11.6 Å². The molecule has 0 aromatic heterocycles. The maximum absolute atomic E-state index is 14.2. The van der Waals surface area contributed by atoms with E-state index in [9.17, 15) is 30.4 Å². The van der Waals surface area contributed by atoms with Crippen LogP contribution in [0, 0.1) is 11.6 Å². The summed E-state index contributed by atoms with van der Waals surface area (Å²) in [6.07, 6.45) is -4.71. The van der Waals surface area contributed by atoms with Gasteiger partial charge in [0, 0.05) is 5.56 Å². The van der Waals surface area contributed by atoms with Crippen molar-refractivity contribution in [2.75, 3.05) is 17.5 Å². The van der Waals surface area contributed by atoms with Gasteiger partial charge in [-0.25, -0.2) is 17.2 Å². The fourth-order valence-electron chi connectivity index (χ4n) is 3.30. The van der Waals surface area contributed by atoms with Gasteiger partial charge in [-0.15, -0.1) is 0 Å². The molecule has 4 nitrogen and oxygen atoms in total. The summed E-state index contributed by atoms with van der Waals surface area (Å²) in [5.41, 5.74) is -0.988. The van der Waals surface area contributed by atoms with Crippen LogP contribution >= 0.6 is 0 Å². The monoisotopic (exact) mass is 455 g/mol. The molecule has 1 heterocycles. The van der Waals surface area contributed by atoms with Crippen molar-refractivity contribution >= 4 is 15.7 Å². The van der Waals surface area contributed by atoms with Crippen molar-refractivity contribution in [3.05, 3.63) is 77.9 Å². The van der Waals surface area contributed by atoms with E-state index in [-0.39, 0.29) is 35.7 Å². The summed E-state index contributed by atoms with van der Waals surface area (Å²) < 4.78 is 99.7. The highest BCUT2D eigenvalue weighted by molar-refractivity contribution is 7.92. The van der Waals surface area contributed by atoms with Crippen LogP contribution in [0.4, 0.5) is 27.6 Å². The summed E-state index contributed by atoms with van der Waals surface area (Å²) in [5.74, 6) is -2.02. The van der Waals surface area contributed by atoms with Gasteiger partial charge in [-0.2, -0.15) is 13.2 Å². The highest BCUT2D eigenvalue weighted by Crippen LogP contribution is 2.40. The van der Waals surface area contributed by atoms with Crippen LogP contribution in [0.2, 0.25) is 0 Å². The van der Waals surface area contributed by atoms with Crippen molar-refractivity contribution in [3.63, 3.8) is 0 Å². The minimum absolute atomic E-state index is 0.0184. The fourth-order valence-corrected chi connectivity index (χ4v) is 4.79. The number of benzene rings is 3. The summed E-state index contributed by atoms with van der Waals surface area (Å²) in [5, 5.41) is 0. The maximum Gasteiger partial charge on any atom is 0.416 e. The number of hydrogen-bond acceptors (Lipinski definition) is 3. The molecule has 0 saturated heterocycles. The summed E-state index contributed by atoms with van der Waals surface area (Å²) in [6, 6.07) is 11.1. The molecule has 0 radical (unpaired) electrons. The zero-order valence-electron chi connectivity index (χ0n) is 15.7. The molecule has 0 aliphatic carbocycles. The van der Waals surface area contributed by atoms with Crippen LogP contribution in [0.25, 0.3) is 11.1 Å². The number of alkyl halides is 3. The second kappa shape index (κ2) is 7.52. The van der Waals surface area contributed by atoms with Crippen molar-refractivity contribution in [3.8, 4) is 16.9 Å². The lowest BCUT2D eigenvalue weighted by Gasteiger charge is -2.31. The Morgan fingerprint density at radius 3 is 2.42 bits per heavy atom. The summed E-state index contributed by atoms with van der Waals surface area (Å²) in [4.78, 5) is -0.544. The molecular weight excluding hydrogens is 441 g/mol. The normalized spacial score (nSPS) is 14.2. The van der Waals surface area contributed by atoms with Gasteiger partial charge in [-0.05, 0) is 42.0 Å². The Balaban J connectivity index is 1.82. The molecule has 0 atom stereocenters. The molecule has 4 rings (SSSR count). The topological polar surface area (TPSA) is 46.6 Å². The Morgan fingerprint density at radius 1 is 0.935 bits per heavy atom. The number of rotatable bonds is 3. The van der Waals surface area contributed by atoms with E-state index in [4.69, 9.17) is 4.74 Å². The van der Waals surface area contributed by atoms with E-state index in [1.807, 2.05) is 0 Å². The first kappa shape index (κ1) is 21.1. The Kier molecular flexibility index (Phi) is 5.12. The second-order valence-corrected chi connectivity index (χ2v) is 8.60. The van der Waals surface area contributed by atoms with Crippen molar-refractivity contribution in [2.45, 2.75) is 11.1 Å².